The Kier molecular flexibility index (Phi) is 5.18. The maximum absolute atomic E-state index is 12.8. The molecule has 1 aromatic heterocycles. The minimum atomic E-state index is -0.677. The molecule has 0 bridgehead atoms. The summed E-state index contributed by atoms with van der Waals surface area (Å²) >= 11 is 0. The first-order chi connectivity index (χ1) is 12.6. The molecule has 0 aliphatic heterocycles. The number of rotatable bonds is 6. The van der Waals surface area contributed by atoms with Crippen molar-refractivity contribution in [3.63, 3.8) is 0 Å². The van der Waals surface area contributed by atoms with E-state index in [2.05, 4.69) is 26.2 Å². The lowest BCUT2D eigenvalue weighted by Gasteiger charge is -2.17. The Hall–Kier alpha value is -3.75. The highest BCUT2D eigenvalue weighted by Crippen LogP contribution is 2.19. The molecular weight excluding hydrogens is 334 g/mol. The molecule has 0 fully saturated rings. The van der Waals surface area contributed by atoms with Crippen LogP contribution < -0.4 is 16.4 Å². The predicted molar refractivity (Wildman–Crippen MR) is 95.3 cm³/mol. The summed E-state index contributed by atoms with van der Waals surface area (Å²) in [5, 5.41) is 16.4. The van der Waals surface area contributed by atoms with E-state index in [0.29, 0.717) is 17.8 Å². The van der Waals surface area contributed by atoms with Crippen LogP contribution in [-0.2, 0) is 11.2 Å². The highest BCUT2D eigenvalue weighted by Gasteiger charge is 2.22. The number of carbonyl (C=O) groups is 2. The highest BCUT2D eigenvalue weighted by atomic mass is 16.2. The van der Waals surface area contributed by atoms with E-state index in [0.717, 1.165) is 5.56 Å². The third-order valence-electron chi connectivity index (χ3n) is 3.66. The molecule has 1 heterocycles. The molecule has 26 heavy (non-hydrogen) atoms. The van der Waals surface area contributed by atoms with Crippen molar-refractivity contribution in [2.24, 2.45) is 5.73 Å². The van der Waals surface area contributed by atoms with Crippen LogP contribution >= 0.6 is 0 Å². The normalized spacial score (nSPS) is 11.5. The first kappa shape index (κ1) is 17.1. The number of urea groups is 1. The first-order valence-corrected chi connectivity index (χ1v) is 7.85. The Labute approximate surface area is 149 Å². The molecule has 4 N–H and O–H groups in total. The van der Waals surface area contributed by atoms with Gasteiger partial charge in [0.2, 0.25) is 5.91 Å². The van der Waals surface area contributed by atoms with E-state index in [9.17, 15) is 9.59 Å². The van der Waals surface area contributed by atoms with Crippen LogP contribution in [0.15, 0.2) is 60.9 Å². The van der Waals surface area contributed by atoms with Gasteiger partial charge < -0.3 is 16.4 Å². The third-order valence-corrected chi connectivity index (χ3v) is 3.66. The molecule has 1 atom stereocenters. The van der Waals surface area contributed by atoms with Crippen molar-refractivity contribution in [2.75, 3.05) is 10.6 Å². The van der Waals surface area contributed by atoms with Crippen LogP contribution in [0.1, 0.15) is 11.6 Å². The largest absolute Gasteiger partial charge is 0.351 e. The minimum absolute atomic E-state index is 0.280. The number of amides is 3. The summed E-state index contributed by atoms with van der Waals surface area (Å²) in [6, 6.07) is 15.0. The molecule has 1 unspecified atom stereocenters. The number of primary amides is 1. The number of nitrogens with zero attached hydrogens (tertiary/aromatic N) is 4. The summed E-state index contributed by atoms with van der Waals surface area (Å²) in [4.78, 5) is 23.8. The lowest BCUT2D eigenvalue weighted by Crippen LogP contribution is -2.28. The Bertz CT molecular complexity index is 881. The Balaban J connectivity index is 1.79. The van der Waals surface area contributed by atoms with Gasteiger partial charge in [0.15, 0.2) is 0 Å². The van der Waals surface area contributed by atoms with Gasteiger partial charge in [0.05, 0.1) is 0 Å². The van der Waals surface area contributed by atoms with Crippen LogP contribution in [-0.4, -0.2) is 32.1 Å². The van der Waals surface area contributed by atoms with E-state index in [4.69, 9.17) is 5.73 Å². The van der Waals surface area contributed by atoms with Gasteiger partial charge in [-0.1, -0.05) is 36.4 Å². The molecule has 3 amide bonds. The molecule has 3 rings (SSSR count). The van der Waals surface area contributed by atoms with Gasteiger partial charge in [0.1, 0.15) is 12.4 Å². The van der Waals surface area contributed by atoms with E-state index in [-0.39, 0.29) is 5.91 Å². The second-order valence-corrected chi connectivity index (χ2v) is 5.55. The molecule has 0 radical (unpaired) electrons. The van der Waals surface area contributed by atoms with Crippen molar-refractivity contribution in [1.29, 1.82) is 0 Å². The van der Waals surface area contributed by atoms with E-state index in [1.807, 2.05) is 30.3 Å². The third kappa shape index (κ3) is 4.41. The Morgan fingerprint density at radius 2 is 1.77 bits per heavy atom. The summed E-state index contributed by atoms with van der Waals surface area (Å²) in [7, 11) is 0. The predicted octanol–water partition coefficient (Wildman–Crippen LogP) is 1.59. The molecule has 3 aromatic rings. The SMILES string of the molecule is NC(=O)Nc1cccc(NC(=O)C(Cc2ccccc2)n2cnnn2)c1. The van der Waals surface area contributed by atoms with Gasteiger partial charge in [-0.15, -0.1) is 5.10 Å². The van der Waals surface area contributed by atoms with Crippen molar-refractivity contribution < 1.29 is 9.59 Å². The number of hydrogen-bond donors (Lipinski definition) is 3. The molecule has 0 aliphatic carbocycles. The number of nitrogens with two attached hydrogens (primary N) is 1. The van der Waals surface area contributed by atoms with Gasteiger partial charge in [0, 0.05) is 17.8 Å². The molecule has 9 nitrogen and oxygen atoms in total. The minimum Gasteiger partial charge on any atom is -0.351 e. The van der Waals surface area contributed by atoms with Gasteiger partial charge in [0.25, 0.3) is 0 Å². The molecular formula is C17H17N7O2. The summed E-state index contributed by atoms with van der Waals surface area (Å²) in [6.45, 7) is 0. The van der Waals surface area contributed by atoms with E-state index < -0.39 is 12.1 Å². The smallest absolute Gasteiger partial charge is 0.316 e. The fourth-order valence-corrected chi connectivity index (χ4v) is 2.50. The highest BCUT2D eigenvalue weighted by molar-refractivity contribution is 5.95. The van der Waals surface area contributed by atoms with E-state index in [1.165, 1.54) is 11.0 Å². The fraction of sp³-hybridized carbons (Fsp3) is 0.118. The summed E-state index contributed by atoms with van der Waals surface area (Å²) in [5.74, 6) is -0.280. The Morgan fingerprint density at radius 3 is 2.42 bits per heavy atom. The van der Waals surface area contributed by atoms with Crippen LogP contribution in [0.4, 0.5) is 16.2 Å². The van der Waals surface area contributed by atoms with Gasteiger partial charge in [-0.3, -0.25) is 4.79 Å². The number of aromatic nitrogens is 4. The van der Waals surface area contributed by atoms with Crippen LogP contribution in [0.25, 0.3) is 0 Å². The van der Waals surface area contributed by atoms with Gasteiger partial charge in [-0.05, 0) is 34.2 Å². The van der Waals surface area contributed by atoms with Crippen molar-refractivity contribution in [2.45, 2.75) is 12.5 Å². The first-order valence-electron chi connectivity index (χ1n) is 7.85. The monoisotopic (exact) mass is 351 g/mol. The van der Waals surface area contributed by atoms with Gasteiger partial charge in [-0.2, -0.15) is 0 Å². The molecule has 132 valence electrons. The van der Waals surface area contributed by atoms with Gasteiger partial charge >= 0.3 is 6.03 Å². The van der Waals surface area contributed by atoms with Crippen LogP contribution in [0.2, 0.25) is 0 Å². The molecule has 0 saturated carbocycles. The van der Waals surface area contributed by atoms with E-state index >= 15 is 0 Å². The average Bonchev–Trinajstić information content (AvgIpc) is 3.14. The molecule has 2 aromatic carbocycles. The number of hydrogen-bond acceptors (Lipinski definition) is 5. The number of carbonyl (C=O) groups excluding carboxylic acids is 2. The Morgan fingerprint density at radius 1 is 1.04 bits per heavy atom. The maximum Gasteiger partial charge on any atom is 0.316 e. The maximum atomic E-state index is 12.8. The van der Waals surface area contributed by atoms with Crippen LogP contribution in [0.3, 0.4) is 0 Å². The zero-order valence-electron chi connectivity index (χ0n) is 13.7. The van der Waals surface area contributed by atoms with Gasteiger partial charge in [-0.25, -0.2) is 9.48 Å². The number of nitrogens with one attached hydrogen (secondary N) is 2. The number of anilines is 2. The van der Waals surface area contributed by atoms with Crippen molar-refractivity contribution in [3.8, 4) is 0 Å². The second kappa shape index (κ2) is 7.88. The summed E-state index contributed by atoms with van der Waals surface area (Å²) in [6.07, 6.45) is 1.83. The topological polar surface area (TPSA) is 128 Å². The zero-order valence-corrected chi connectivity index (χ0v) is 13.7. The lowest BCUT2D eigenvalue weighted by molar-refractivity contribution is -0.119. The molecule has 0 spiro atoms. The van der Waals surface area contributed by atoms with Crippen molar-refractivity contribution >= 4 is 23.3 Å². The summed E-state index contributed by atoms with van der Waals surface area (Å²) < 4.78 is 1.41. The standard InChI is InChI=1S/C17H17N7O2/c18-17(26)21-14-8-4-7-13(10-14)20-16(25)15(24-11-19-22-23-24)9-12-5-2-1-3-6-12/h1-8,10-11,15H,9H2,(H,20,25)(H3,18,21,26). The molecule has 0 saturated heterocycles. The zero-order chi connectivity index (χ0) is 18.4. The summed E-state index contributed by atoms with van der Waals surface area (Å²) in [5.41, 5.74) is 7.09. The average molecular weight is 351 g/mol. The van der Waals surface area contributed by atoms with Crippen molar-refractivity contribution in [3.05, 3.63) is 66.5 Å². The van der Waals surface area contributed by atoms with Crippen LogP contribution in [0.5, 0.6) is 0 Å². The molecule has 0 aliphatic rings. The van der Waals surface area contributed by atoms with E-state index in [1.54, 1.807) is 24.3 Å². The van der Waals surface area contributed by atoms with Crippen LogP contribution in [0, 0.1) is 0 Å². The second-order valence-electron chi connectivity index (χ2n) is 5.55. The fourth-order valence-electron chi connectivity index (χ4n) is 2.50. The quantitative estimate of drug-likeness (QED) is 0.621. The lowest BCUT2D eigenvalue weighted by atomic mass is 10.1. The molecule has 9 heteroatoms. The number of tetrazole rings is 1. The van der Waals surface area contributed by atoms with Crippen molar-refractivity contribution in [1.82, 2.24) is 20.2 Å². The number of benzene rings is 2.